The van der Waals surface area contributed by atoms with Crippen molar-refractivity contribution in [3.05, 3.63) is 58.7 Å². The smallest absolute Gasteiger partial charge is 0.253 e. The summed E-state index contributed by atoms with van der Waals surface area (Å²) < 4.78 is 0. The Kier molecular flexibility index (Phi) is 6.34. The van der Waals surface area contributed by atoms with Crippen molar-refractivity contribution in [1.82, 2.24) is 4.90 Å². The topological polar surface area (TPSA) is 61.4 Å². The van der Waals surface area contributed by atoms with Gasteiger partial charge in [-0.25, -0.2) is 0 Å². The molecular weight excluding hydrogens is 350 g/mol. The van der Waals surface area contributed by atoms with Gasteiger partial charge < -0.3 is 15.5 Å². The Morgan fingerprint density at radius 2 is 1.54 bits per heavy atom. The molecule has 1 saturated heterocycles. The third-order valence-electron chi connectivity index (χ3n) is 5.16. The number of hydrogen-bond donors (Lipinski definition) is 2. The number of carbonyl (C=O) groups excluding carboxylic acids is 2. The SMILES string of the molecule is Cc1cc(C)c(NCC(=O)Nc2ccc(C(=O)N3CCCCC3)cc2)c(C)c1. The highest BCUT2D eigenvalue weighted by atomic mass is 16.2. The number of hydrogen-bond acceptors (Lipinski definition) is 3. The highest BCUT2D eigenvalue weighted by Gasteiger charge is 2.18. The van der Waals surface area contributed by atoms with E-state index in [9.17, 15) is 9.59 Å². The molecule has 0 bridgehead atoms. The van der Waals surface area contributed by atoms with Crippen LogP contribution < -0.4 is 10.6 Å². The van der Waals surface area contributed by atoms with Crippen LogP contribution >= 0.6 is 0 Å². The molecule has 0 unspecified atom stereocenters. The van der Waals surface area contributed by atoms with Crippen molar-refractivity contribution in [3.8, 4) is 0 Å². The molecule has 5 nitrogen and oxygen atoms in total. The van der Waals surface area contributed by atoms with Crippen LogP contribution in [0.2, 0.25) is 0 Å². The van der Waals surface area contributed by atoms with Crippen molar-refractivity contribution < 1.29 is 9.59 Å². The van der Waals surface area contributed by atoms with Gasteiger partial charge in [-0.15, -0.1) is 0 Å². The summed E-state index contributed by atoms with van der Waals surface area (Å²) in [6, 6.07) is 11.4. The number of nitrogens with one attached hydrogen (secondary N) is 2. The van der Waals surface area contributed by atoms with E-state index in [0.717, 1.165) is 42.7 Å². The lowest BCUT2D eigenvalue weighted by Gasteiger charge is -2.26. The Labute approximate surface area is 167 Å². The molecule has 2 aromatic rings. The van der Waals surface area contributed by atoms with Crippen molar-refractivity contribution in [3.63, 3.8) is 0 Å². The van der Waals surface area contributed by atoms with Crippen LogP contribution in [-0.2, 0) is 4.79 Å². The van der Waals surface area contributed by atoms with Crippen LogP contribution in [0.3, 0.4) is 0 Å². The second-order valence-electron chi connectivity index (χ2n) is 7.61. The lowest BCUT2D eigenvalue weighted by atomic mass is 10.1. The van der Waals surface area contributed by atoms with E-state index in [1.165, 1.54) is 12.0 Å². The highest BCUT2D eigenvalue weighted by Crippen LogP contribution is 2.21. The minimum Gasteiger partial charge on any atom is -0.376 e. The number of benzene rings is 2. The van der Waals surface area contributed by atoms with Gasteiger partial charge >= 0.3 is 0 Å². The summed E-state index contributed by atoms with van der Waals surface area (Å²) in [4.78, 5) is 26.7. The molecule has 1 fully saturated rings. The summed E-state index contributed by atoms with van der Waals surface area (Å²) in [5.41, 5.74) is 5.84. The summed E-state index contributed by atoms with van der Waals surface area (Å²) in [6.07, 6.45) is 3.35. The van der Waals surface area contributed by atoms with Crippen LogP contribution in [0.4, 0.5) is 11.4 Å². The predicted octanol–water partition coefficient (Wildman–Crippen LogP) is 4.29. The molecule has 1 aliphatic rings. The summed E-state index contributed by atoms with van der Waals surface area (Å²) >= 11 is 0. The van der Waals surface area contributed by atoms with Crippen molar-refractivity contribution in [1.29, 1.82) is 0 Å². The van der Waals surface area contributed by atoms with E-state index in [1.54, 1.807) is 24.3 Å². The lowest BCUT2D eigenvalue weighted by molar-refractivity contribution is -0.114. The molecule has 1 aliphatic heterocycles. The van der Waals surface area contributed by atoms with Crippen LogP contribution in [0.25, 0.3) is 0 Å². The summed E-state index contributed by atoms with van der Waals surface area (Å²) in [5, 5.41) is 6.11. The second-order valence-corrected chi connectivity index (χ2v) is 7.61. The van der Waals surface area contributed by atoms with E-state index in [0.29, 0.717) is 11.3 Å². The van der Waals surface area contributed by atoms with Crippen molar-refractivity contribution in [2.45, 2.75) is 40.0 Å². The third-order valence-corrected chi connectivity index (χ3v) is 5.16. The van der Waals surface area contributed by atoms with E-state index in [2.05, 4.69) is 29.7 Å². The predicted molar refractivity (Wildman–Crippen MR) is 114 cm³/mol. The summed E-state index contributed by atoms with van der Waals surface area (Å²) in [7, 11) is 0. The zero-order valence-corrected chi connectivity index (χ0v) is 17.0. The van der Waals surface area contributed by atoms with E-state index < -0.39 is 0 Å². The number of anilines is 2. The number of amides is 2. The van der Waals surface area contributed by atoms with Gasteiger partial charge in [0.2, 0.25) is 5.91 Å². The first kappa shape index (κ1) is 19.9. The van der Waals surface area contributed by atoms with Gasteiger partial charge in [0.15, 0.2) is 0 Å². The zero-order valence-electron chi connectivity index (χ0n) is 17.0. The average molecular weight is 380 g/mol. The molecule has 0 aromatic heterocycles. The number of piperidine rings is 1. The monoisotopic (exact) mass is 379 g/mol. The van der Waals surface area contributed by atoms with Gasteiger partial charge in [-0.05, 0) is 75.4 Å². The van der Waals surface area contributed by atoms with Crippen molar-refractivity contribution in [2.75, 3.05) is 30.3 Å². The molecule has 2 aromatic carbocycles. The minimum absolute atomic E-state index is 0.0737. The first-order valence-electron chi connectivity index (χ1n) is 9.95. The highest BCUT2D eigenvalue weighted by molar-refractivity contribution is 5.96. The molecule has 5 heteroatoms. The first-order chi connectivity index (χ1) is 13.4. The molecule has 3 rings (SSSR count). The minimum atomic E-state index is -0.116. The molecule has 148 valence electrons. The number of aryl methyl sites for hydroxylation is 3. The van der Waals surface area contributed by atoms with E-state index in [4.69, 9.17) is 0 Å². The number of carbonyl (C=O) groups is 2. The summed E-state index contributed by atoms with van der Waals surface area (Å²) in [6.45, 7) is 8.01. The maximum Gasteiger partial charge on any atom is 0.253 e. The van der Waals surface area contributed by atoms with E-state index in [-0.39, 0.29) is 18.4 Å². The van der Waals surface area contributed by atoms with Crippen LogP contribution in [-0.4, -0.2) is 36.3 Å². The molecule has 0 spiro atoms. The summed E-state index contributed by atoms with van der Waals surface area (Å²) in [5.74, 6) is -0.0425. The Balaban J connectivity index is 1.55. The Bertz CT molecular complexity index is 830. The van der Waals surface area contributed by atoms with Crippen LogP contribution in [0.15, 0.2) is 36.4 Å². The Morgan fingerprint density at radius 3 is 2.14 bits per heavy atom. The normalized spacial score (nSPS) is 13.9. The van der Waals surface area contributed by atoms with Gasteiger partial charge in [0.25, 0.3) is 5.91 Å². The second kappa shape index (κ2) is 8.91. The fourth-order valence-corrected chi connectivity index (χ4v) is 3.81. The quantitative estimate of drug-likeness (QED) is 0.815. The van der Waals surface area contributed by atoms with Crippen molar-refractivity contribution in [2.24, 2.45) is 0 Å². The maximum atomic E-state index is 12.5. The van der Waals surface area contributed by atoms with Gasteiger partial charge in [-0.3, -0.25) is 9.59 Å². The molecule has 2 amide bonds. The van der Waals surface area contributed by atoms with Gasteiger partial charge in [0, 0.05) is 30.0 Å². The molecule has 0 saturated carbocycles. The van der Waals surface area contributed by atoms with Gasteiger partial charge in [-0.1, -0.05) is 17.7 Å². The van der Waals surface area contributed by atoms with E-state index in [1.807, 2.05) is 18.7 Å². The number of rotatable bonds is 5. The third kappa shape index (κ3) is 4.91. The lowest BCUT2D eigenvalue weighted by Crippen LogP contribution is -2.35. The Morgan fingerprint density at radius 1 is 0.929 bits per heavy atom. The van der Waals surface area contributed by atoms with Gasteiger partial charge in [0.1, 0.15) is 0 Å². The molecule has 1 heterocycles. The molecular formula is C23H29N3O2. The van der Waals surface area contributed by atoms with Gasteiger partial charge in [0.05, 0.1) is 6.54 Å². The molecule has 28 heavy (non-hydrogen) atoms. The van der Waals surface area contributed by atoms with Gasteiger partial charge in [-0.2, -0.15) is 0 Å². The molecule has 0 atom stereocenters. The maximum absolute atomic E-state index is 12.5. The molecule has 0 aliphatic carbocycles. The first-order valence-corrected chi connectivity index (χ1v) is 9.95. The van der Waals surface area contributed by atoms with Crippen LogP contribution in [0.5, 0.6) is 0 Å². The number of nitrogens with zero attached hydrogens (tertiary/aromatic N) is 1. The number of likely N-dealkylation sites (tertiary alicyclic amines) is 1. The fourth-order valence-electron chi connectivity index (χ4n) is 3.81. The zero-order chi connectivity index (χ0) is 20.1. The van der Waals surface area contributed by atoms with Crippen molar-refractivity contribution >= 4 is 23.2 Å². The van der Waals surface area contributed by atoms with Crippen LogP contribution in [0, 0.1) is 20.8 Å². The molecule has 2 N–H and O–H groups in total. The standard InChI is InChI=1S/C23H29N3O2/c1-16-13-17(2)22(18(3)14-16)24-15-21(27)25-20-9-7-19(8-10-20)23(28)26-11-5-4-6-12-26/h7-10,13-14,24H,4-6,11-12,15H2,1-3H3,(H,25,27). The molecule has 0 radical (unpaired) electrons. The van der Waals surface area contributed by atoms with E-state index >= 15 is 0 Å². The van der Waals surface area contributed by atoms with Crippen LogP contribution in [0.1, 0.15) is 46.3 Å². The fraction of sp³-hybridized carbons (Fsp3) is 0.391. The average Bonchev–Trinajstić information content (AvgIpc) is 2.68. The largest absolute Gasteiger partial charge is 0.376 e. The Hall–Kier alpha value is -2.82.